The molecule has 1 fully saturated rings. The van der Waals surface area contributed by atoms with E-state index in [0.29, 0.717) is 25.9 Å². The maximum atomic E-state index is 12.9. The molecule has 136 valence electrons. The highest BCUT2D eigenvalue weighted by Crippen LogP contribution is 2.38. The maximum Gasteiger partial charge on any atom is 0.224 e. The lowest BCUT2D eigenvalue weighted by Gasteiger charge is -2.08. The van der Waals surface area contributed by atoms with E-state index < -0.39 is 0 Å². The quantitative estimate of drug-likeness (QED) is 0.803. The molecule has 0 radical (unpaired) electrons. The molecule has 0 aliphatic heterocycles. The van der Waals surface area contributed by atoms with Gasteiger partial charge in [0.05, 0.1) is 11.8 Å². The SMILES string of the molecule is Cc1ccccc1CNC(=O)C1CC1C(=O)NCCc1ccc(F)cc1. The normalized spacial score (nSPS) is 18.2. The van der Waals surface area contributed by atoms with Crippen molar-refractivity contribution in [1.82, 2.24) is 10.6 Å². The van der Waals surface area contributed by atoms with Crippen LogP contribution in [-0.2, 0) is 22.6 Å². The van der Waals surface area contributed by atoms with Gasteiger partial charge in [-0.25, -0.2) is 4.39 Å². The zero-order valence-electron chi connectivity index (χ0n) is 14.8. The van der Waals surface area contributed by atoms with Gasteiger partial charge in [0, 0.05) is 13.1 Å². The van der Waals surface area contributed by atoms with E-state index in [4.69, 9.17) is 0 Å². The van der Waals surface area contributed by atoms with Gasteiger partial charge < -0.3 is 10.6 Å². The predicted octanol–water partition coefficient (Wildman–Crippen LogP) is 2.75. The lowest BCUT2D eigenvalue weighted by Crippen LogP contribution is -2.31. The third-order valence-electron chi connectivity index (χ3n) is 4.80. The molecule has 0 heterocycles. The van der Waals surface area contributed by atoms with E-state index in [2.05, 4.69) is 10.6 Å². The van der Waals surface area contributed by atoms with Crippen LogP contribution in [0.15, 0.2) is 48.5 Å². The van der Waals surface area contributed by atoms with Crippen molar-refractivity contribution in [1.29, 1.82) is 0 Å². The molecule has 26 heavy (non-hydrogen) atoms. The molecular formula is C21H23FN2O2. The number of hydrogen-bond donors (Lipinski definition) is 2. The third kappa shape index (κ3) is 4.69. The number of carbonyl (C=O) groups is 2. The highest BCUT2D eigenvalue weighted by atomic mass is 19.1. The van der Waals surface area contributed by atoms with Crippen LogP contribution in [0.3, 0.4) is 0 Å². The molecule has 2 N–H and O–H groups in total. The molecular weight excluding hydrogens is 331 g/mol. The second-order valence-electron chi connectivity index (χ2n) is 6.76. The molecule has 3 rings (SSSR count). The van der Waals surface area contributed by atoms with E-state index in [1.54, 1.807) is 12.1 Å². The fraction of sp³-hybridized carbons (Fsp3) is 0.333. The van der Waals surface area contributed by atoms with Gasteiger partial charge in [-0.1, -0.05) is 36.4 Å². The van der Waals surface area contributed by atoms with E-state index in [0.717, 1.165) is 16.7 Å². The summed E-state index contributed by atoms with van der Waals surface area (Å²) in [5.41, 5.74) is 3.19. The van der Waals surface area contributed by atoms with Crippen molar-refractivity contribution < 1.29 is 14.0 Å². The van der Waals surface area contributed by atoms with Crippen LogP contribution in [0.1, 0.15) is 23.1 Å². The van der Waals surface area contributed by atoms with Crippen molar-refractivity contribution in [3.8, 4) is 0 Å². The number of halogens is 1. The predicted molar refractivity (Wildman–Crippen MR) is 97.7 cm³/mol. The van der Waals surface area contributed by atoms with Crippen LogP contribution >= 0.6 is 0 Å². The van der Waals surface area contributed by atoms with Gasteiger partial charge >= 0.3 is 0 Å². The summed E-state index contributed by atoms with van der Waals surface area (Å²) >= 11 is 0. The van der Waals surface area contributed by atoms with Crippen molar-refractivity contribution in [3.63, 3.8) is 0 Å². The Morgan fingerprint density at radius 1 is 1.00 bits per heavy atom. The van der Waals surface area contributed by atoms with Crippen LogP contribution in [-0.4, -0.2) is 18.4 Å². The van der Waals surface area contributed by atoms with E-state index >= 15 is 0 Å². The summed E-state index contributed by atoms with van der Waals surface area (Å²) in [4.78, 5) is 24.3. The van der Waals surface area contributed by atoms with Gasteiger partial charge in [-0.05, 0) is 48.6 Å². The van der Waals surface area contributed by atoms with Crippen LogP contribution in [0.5, 0.6) is 0 Å². The first-order chi connectivity index (χ1) is 12.5. The molecule has 1 aliphatic carbocycles. The number of nitrogens with one attached hydrogen (secondary N) is 2. The zero-order chi connectivity index (χ0) is 18.5. The summed E-state index contributed by atoms with van der Waals surface area (Å²) in [5, 5.41) is 5.78. The first kappa shape index (κ1) is 18.1. The Bertz CT molecular complexity index is 789. The first-order valence-corrected chi connectivity index (χ1v) is 8.89. The molecule has 0 bridgehead atoms. The molecule has 2 amide bonds. The van der Waals surface area contributed by atoms with E-state index in [-0.39, 0.29) is 29.5 Å². The third-order valence-corrected chi connectivity index (χ3v) is 4.80. The Labute approximate surface area is 152 Å². The van der Waals surface area contributed by atoms with Crippen LogP contribution in [0.25, 0.3) is 0 Å². The maximum absolute atomic E-state index is 12.9. The van der Waals surface area contributed by atoms with Gasteiger partial charge in [0.15, 0.2) is 0 Å². The van der Waals surface area contributed by atoms with Crippen molar-refractivity contribution in [2.24, 2.45) is 11.8 Å². The Hall–Kier alpha value is -2.69. The molecule has 5 heteroatoms. The Morgan fingerprint density at radius 3 is 2.35 bits per heavy atom. The van der Waals surface area contributed by atoms with E-state index in [9.17, 15) is 14.0 Å². The lowest BCUT2D eigenvalue weighted by molar-refractivity contribution is -0.127. The molecule has 1 aliphatic rings. The largest absolute Gasteiger partial charge is 0.356 e. The Morgan fingerprint density at radius 2 is 1.65 bits per heavy atom. The van der Waals surface area contributed by atoms with Gasteiger partial charge in [-0.2, -0.15) is 0 Å². The number of benzene rings is 2. The van der Waals surface area contributed by atoms with Crippen LogP contribution in [0.4, 0.5) is 4.39 Å². The fourth-order valence-corrected chi connectivity index (χ4v) is 3.01. The number of amides is 2. The molecule has 0 aromatic heterocycles. The second kappa shape index (κ2) is 8.13. The van der Waals surface area contributed by atoms with E-state index in [1.807, 2.05) is 31.2 Å². The van der Waals surface area contributed by atoms with Crippen molar-refractivity contribution in [2.45, 2.75) is 26.3 Å². The average molecular weight is 354 g/mol. The number of aryl methyl sites for hydroxylation is 1. The van der Waals surface area contributed by atoms with E-state index in [1.165, 1.54) is 12.1 Å². The summed E-state index contributed by atoms with van der Waals surface area (Å²) in [7, 11) is 0. The standard InChI is InChI=1S/C21H23FN2O2/c1-14-4-2-3-5-16(14)13-24-21(26)19-12-18(19)20(25)23-11-10-15-6-8-17(22)9-7-15/h2-9,18-19H,10-13H2,1H3,(H,23,25)(H,24,26). The molecule has 4 nitrogen and oxygen atoms in total. The van der Waals surface area contributed by atoms with Gasteiger partial charge in [0.1, 0.15) is 5.82 Å². The van der Waals surface area contributed by atoms with Crippen LogP contribution in [0, 0.1) is 24.6 Å². The Kier molecular flexibility index (Phi) is 5.66. The fourth-order valence-electron chi connectivity index (χ4n) is 3.01. The Balaban J connectivity index is 1.38. The van der Waals surface area contributed by atoms with Crippen LogP contribution in [0.2, 0.25) is 0 Å². The van der Waals surface area contributed by atoms with Gasteiger partial charge in [0.25, 0.3) is 0 Å². The summed E-state index contributed by atoms with van der Waals surface area (Å²) in [5.74, 6) is -0.879. The molecule has 2 unspecified atom stereocenters. The minimum absolute atomic E-state index is 0.0630. The van der Waals surface area contributed by atoms with Crippen LogP contribution < -0.4 is 10.6 Å². The van der Waals surface area contributed by atoms with Gasteiger partial charge in [-0.3, -0.25) is 9.59 Å². The summed E-state index contributed by atoms with van der Waals surface area (Å²) in [6.07, 6.45) is 1.24. The number of carbonyl (C=O) groups excluding carboxylic acids is 2. The molecule has 2 aromatic carbocycles. The zero-order valence-corrected chi connectivity index (χ0v) is 14.8. The summed E-state index contributed by atoms with van der Waals surface area (Å²) in [6.45, 7) is 2.98. The second-order valence-corrected chi connectivity index (χ2v) is 6.76. The monoisotopic (exact) mass is 354 g/mol. The molecule has 0 spiro atoms. The summed E-state index contributed by atoms with van der Waals surface area (Å²) in [6, 6.07) is 14.1. The average Bonchev–Trinajstić information content (AvgIpc) is 3.43. The molecule has 1 saturated carbocycles. The summed E-state index contributed by atoms with van der Waals surface area (Å²) < 4.78 is 12.9. The van der Waals surface area contributed by atoms with Crippen molar-refractivity contribution >= 4 is 11.8 Å². The van der Waals surface area contributed by atoms with Crippen molar-refractivity contribution in [2.75, 3.05) is 6.54 Å². The van der Waals surface area contributed by atoms with Gasteiger partial charge in [-0.15, -0.1) is 0 Å². The minimum Gasteiger partial charge on any atom is -0.356 e. The number of rotatable bonds is 7. The molecule has 0 saturated heterocycles. The molecule has 2 atom stereocenters. The highest BCUT2D eigenvalue weighted by Gasteiger charge is 2.47. The van der Waals surface area contributed by atoms with Gasteiger partial charge in [0.2, 0.25) is 11.8 Å². The highest BCUT2D eigenvalue weighted by molar-refractivity contribution is 5.92. The first-order valence-electron chi connectivity index (χ1n) is 8.89. The topological polar surface area (TPSA) is 58.2 Å². The molecule has 2 aromatic rings. The minimum atomic E-state index is -0.268. The lowest BCUT2D eigenvalue weighted by atomic mass is 10.1. The van der Waals surface area contributed by atoms with Crippen molar-refractivity contribution in [3.05, 3.63) is 71.0 Å². The smallest absolute Gasteiger partial charge is 0.224 e. The number of hydrogen-bond acceptors (Lipinski definition) is 2.